The molecular formula is C17H21NO. The highest BCUT2D eigenvalue weighted by Crippen LogP contribution is 2.10. The van der Waals surface area contributed by atoms with Crippen LogP contribution in [0.15, 0.2) is 48.5 Å². The summed E-state index contributed by atoms with van der Waals surface area (Å²) in [7, 11) is 0. The molecule has 2 aromatic carbocycles. The second-order valence-corrected chi connectivity index (χ2v) is 4.82. The van der Waals surface area contributed by atoms with E-state index >= 15 is 0 Å². The summed E-state index contributed by atoms with van der Waals surface area (Å²) < 4.78 is 5.66. The highest BCUT2D eigenvalue weighted by Gasteiger charge is 1.94. The van der Waals surface area contributed by atoms with Crippen LogP contribution in [0.4, 0.5) is 0 Å². The Labute approximate surface area is 115 Å². The summed E-state index contributed by atoms with van der Waals surface area (Å²) in [6, 6.07) is 16.7. The molecule has 2 rings (SSSR count). The maximum atomic E-state index is 5.66. The number of benzene rings is 2. The zero-order valence-electron chi connectivity index (χ0n) is 11.6. The predicted octanol–water partition coefficient (Wildman–Crippen LogP) is 3.47. The molecule has 19 heavy (non-hydrogen) atoms. The van der Waals surface area contributed by atoms with Crippen LogP contribution in [0.5, 0.6) is 5.75 Å². The van der Waals surface area contributed by atoms with Crippen LogP contribution in [0.1, 0.15) is 16.7 Å². The van der Waals surface area contributed by atoms with Crippen molar-refractivity contribution in [1.82, 2.24) is 5.32 Å². The van der Waals surface area contributed by atoms with Crippen molar-refractivity contribution in [3.63, 3.8) is 0 Å². The zero-order valence-corrected chi connectivity index (χ0v) is 11.6. The van der Waals surface area contributed by atoms with Crippen LogP contribution < -0.4 is 10.1 Å². The number of nitrogens with one attached hydrogen (secondary N) is 1. The molecule has 0 spiro atoms. The van der Waals surface area contributed by atoms with Crippen molar-refractivity contribution in [1.29, 1.82) is 0 Å². The average Bonchev–Trinajstić information content (AvgIpc) is 2.43. The molecule has 0 aliphatic carbocycles. The Morgan fingerprint density at radius 1 is 0.842 bits per heavy atom. The van der Waals surface area contributed by atoms with Gasteiger partial charge < -0.3 is 10.1 Å². The van der Waals surface area contributed by atoms with Crippen LogP contribution in [0, 0.1) is 13.8 Å². The maximum absolute atomic E-state index is 5.66. The van der Waals surface area contributed by atoms with Gasteiger partial charge in [0.2, 0.25) is 0 Å². The molecule has 0 aliphatic rings. The number of rotatable bonds is 6. The molecule has 0 unspecified atom stereocenters. The second-order valence-electron chi connectivity index (χ2n) is 4.82. The van der Waals surface area contributed by atoms with Crippen molar-refractivity contribution in [2.75, 3.05) is 13.2 Å². The molecule has 0 radical (unpaired) electrons. The third kappa shape index (κ3) is 4.76. The summed E-state index contributed by atoms with van der Waals surface area (Å²) in [6.45, 7) is 6.60. The fourth-order valence-corrected chi connectivity index (χ4v) is 1.81. The summed E-state index contributed by atoms with van der Waals surface area (Å²) in [4.78, 5) is 0. The van der Waals surface area contributed by atoms with E-state index in [4.69, 9.17) is 4.74 Å². The Morgan fingerprint density at radius 3 is 2.05 bits per heavy atom. The summed E-state index contributed by atoms with van der Waals surface area (Å²) in [5.41, 5.74) is 3.86. The average molecular weight is 255 g/mol. The molecule has 0 bridgehead atoms. The molecule has 0 saturated carbocycles. The summed E-state index contributed by atoms with van der Waals surface area (Å²) >= 11 is 0. The normalized spacial score (nSPS) is 10.4. The minimum absolute atomic E-state index is 0.689. The molecule has 2 heteroatoms. The quantitative estimate of drug-likeness (QED) is 0.798. The van der Waals surface area contributed by atoms with E-state index < -0.39 is 0 Å². The summed E-state index contributed by atoms with van der Waals surface area (Å²) in [6.07, 6.45) is 0. The van der Waals surface area contributed by atoms with Crippen molar-refractivity contribution >= 4 is 0 Å². The first-order valence-corrected chi connectivity index (χ1v) is 6.70. The van der Waals surface area contributed by atoms with E-state index in [1.807, 2.05) is 12.1 Å². The molecule has 100 valence electrons. The zero-order chi connectivity index (χ0) is 13.5. The SMILES string of the molecule is Cc1ccc(CNCCOc2ccc(C)cc2)cc1. The molecule has 0 amide bonds. The van der Waals surface area contributed by atoms with Gasteiger partial charge in [0.15, 0.2) is 0 Å². The lowest BCUT2D eigenvalue weighted by Gasteiger charge is -2.08. The number of ether oxygens (including phenoxy) is 1. The first-order chi connectivity index (χ1) is 9.24. The van der Waals surface area contributed by atoms with Crippen LogP contribution in [-0.4, -0.2) is 13.2 Å². The molecule has 0 aromatic heterocycles. The van der Waals surface area contributed by atoms with E-state index in [9.17, 15) is 0 Å². The number of hydrogen-bond donors (Lipinski definition) is 1. The van der Waals surface area contributed by atoms with Crippen LogP contribution in [0.25, 0.3) is 0 Å². The molecule has 0 saturated heterocycles. The molecule has 0 aliphatic heterocycles. The van der Waals surface area contributed by atoms with Crippen molar-refractivity contribution in [2.45, 2.75) is 20.4 Å². The molecule has 0 heterocycles. The minimum Gasteiger partial charge on any atom is -0.492 e. The first kappa shape index (κ1) is 13.6. The maximum Gasteiger partial charge on any atom is 0.119 e. The van der Waals surface area contributed by atoms with Gasteiger partial charge in [0.1, 0.15) is 12.4 Å². The largest absolute Gasteiger partial charge is 0.492 e. The second kappa shape index (κ2) is 6.95. The standard InChI is InChI=1S/C17H21NO/c1-14-3-7-16(8-4-14)13-18-11-12-19-17-9-5-15(2)6-10-17/h3-10,18H,11-13H2,1-2H3. The van der Waals surface area contributed by atoms with Crippen LogP contribution in [-0.2, 0) is 6.54 Å². The summed E-state index contributed by atoms with van der Waals surface area (Å²) in [5, 5.41) is 3.38. The van der Waals surface area contributed by atoms with Gasteiger partial charge >= 0.3 is 0 Å². The van der Waals surface area contributed by atoms with Gasteiger partial charge in [-0.1, -0.05) is 47.5 Å². The monoisotopic (exact) mass is 255 g/mol. The number of aryl methyl sites for hydroxylation is 2. The molecule has 2 nitrogen and oxygen atoms in total. The number of hydrogen-bond acceptors (Lipinski definition) is 2. The summed E-state index contributed by atoms with van der Waals surface area (Å²) in [5.74, 6) is 0.933. The van der Waals surface area contributed by atoms with Crippen molar-refractivity contribution in [3.8, 4) is 5.75 Å². The fourth-order valence-electron chi connectivity index (χ4n) is 1.81. The fraction of sp³-hybridized carbons (Fsp3) is 0.294. The Hall–Kier alpha value is -1.80. The van der Waals surface area contributed by atoms with Gasteiger partial charge in [-0.15, -0.1) is 0 Å². The lowest BCUT2D eigenvalue weighted by molar-refractivity contribution is 0.313. The molecule has 0 atom stereocenters. The van der Waals surface area contributed by atoms with E-state index in [0.29, 0.717) is 6.61 Å². The topological polar surface area (TPSA) is 21.3 Å². The van der Waals surface area contributed by atoms with Gasteiger partial charge in [-0.2, -0.15) is 0 Å². The first-order valence-electron chi connectivity index (χ1n) is 6.70. The van der Waals surface area contributed by atoms with Gasteiger partial charge in [-0.3, -0.25) is 0 Å². The van der Waals surface area contributed by atoms with Gasteiger partial charge in [0.25, 0.3) is 0 Å². The minimum atomic E-state index is 0.689. The lowest BCUT2D eigenvalue weighted by atomic mass is 10.1. The van der Waals surface area contributed by atoms with E-state index in [2.05, 4.69) is 55.6 Å². The Kier molecular flexibility index (Phi) is 4.99. The van der Waals surface area contributed by atoms with Crippen molar-refractivity contribution in [2.24, 2.45) is 0 Å². The smallest absolute Gasteiger partial charge is 0.119 e. The van der Waals surface area contributed by atoms with Gasteiger partial charge in [-0.05, 0) is 31.5 Å². The highest BCUT2D eigenvalue weighted by atomic mass is 16.5. The Balaban J connectivity index is 1.64. The van der Waals surface area contributed by atoms with Gasteiger partial charge in [-0.25, -0.2) is 0 Å². The van der Waals surface area contributed by atoms with Gasteiger partial charge in [0, 0.05) is 13.1 Å². The molecular weight excluding hydrogens is 234 g/mol. The van der Waals surface area contributed by atoms with Crippen LogP contribution >= 0.6 is 0 Å². The lowest BCUT2D eigenvalue weighted by Crippen LogP contribution is -2.20. The van der Waals surface area contributed by atoms with E-state index in [-0.39, 0.29) is 0 Å². The van der Waals surface area contributed by atoms with E-state index in [1.165, 1.54) is 16.7 Å². The third-order valence-corrected chi connectivity index (χ3v) is 3.02. The van der Waals surface area contributed by atoms with Gasteiger partial charge in [0.05, 0.1) is 0 Å². The molecule has 2 aromatic rings. The highest BCUT2D eigenvalue weighted by molar-refractivity contribution is 5.26. The van der Waals surface area contributed by atoms with E-state index in [0.717, 1.165) is 18.8 Å². The van der Waals surface area contributed by atoms with E-state index in [1.54, 1.807) is 0 Å². The Morgan fingerprint density at radius 2 is 1.42 bits per heavy atom. The molecule has 0 fully saturated rings. The van der Waals surface area contributed by atoms with Crippen LogP contribution in [0.2, 0.25) is 0 Å². The predicted molar refractivity (Wildman–Crippen MR) is 79.6 cm³/mol. The van der Waals surface area contributed by atoms with Crippen LogP contribution in [0.3, 0.4) is 0 Å². The molecule has 1 N–H and O–H groups in total. The van der Waals surface area contributed by atoms with Crippen molar-refractivity contribution < 1.29 is 4.74 Å². The van der Waals surface area contributed by atoms with Crippen molar-refractivity contribution in [3.05, 3.63) is 65.2 Å². The third-order valence-electron chi connectivity index (χ3n) is 3.02. The Bertz CT molecular complexity index is 440.